The lowest BCUT2D eigenvalue weighted by Gasteiger charge is -2.40. The van der Waals surface area contributed by atoms with Crippen LogP contribution in [0.25, 0.3) is 0 Å². The van der Waals surface area contributed by atoms with E-state index in [1.54, 1.807) is 0 Å². The Morgan fingerprint density at radius 2 is 1.40 bits per heavy atom. The fourth-order valence-electron chi connectivity index (χ4n) is 5.82. The number of hydrogen-bond donors (Lipinski definition) is 9. The predicted molar refractivity (Wildman–Crippen MR) is 147 cm³/mol. The topological polar surface area (TPSA) is 218 Å². The molecule has 2 aliphatic rings. The molecule has 2 aliphatic heterocycles. The maximum Gasteiger partial charge on any atom is 0.343 e. The Morgan fingerprint density at radius 3 is 2.07 bits per heavy atom. The number of ether oxygens (including phenoxy) is 2. The van der Waals surface area contributed by atoms with Gasteiger partial charge < -0.3 is 55.4 Å². The molecule has 222 valence electrons. The van der Waals surface area contributed by atoms with E-state index in [-0.39, 0.29) is 51.7 Å². The summed E-state index contributed by atoms with van der Waals surface area (Å²) < 4.78 is 12.2. The number of rotatable bonds is 4. The summed E-state index contributed by atoms with van der Waals surface area (Å²) >= 11 is 0. The number of benzene rings is 4. The number of hydrogen-bond acceptors (Lipinski definition) is 11. The molecule has 0 spiro atoms. The third-order valence-corrected chi connectivity index (χ3v) is 7.85. The maximum absolute atomic E-state index is 12.3. The molecule has 0 radical (unpaired) electrons. The fourth-order valence-corrected chi connectivity index (χ4v) is 5.82. The lowest BCUT2D eigenvalue weighted by Crippen LogP contribution is -2.37. The molecule has 0 unspecified atom stereocenters. The molecule has 12 heteroatoms. The van der Waals surface area contributed by atoms with E-state index in [1.807, 2.05) is 0 Å². The lowest BCUT2D eigenvalue weighted by molar-refractivity contribution is 0.00179. The number of fused-ring (bicyclic) bond motifs is 2. The van der Waals surface area contributed by atoms with Crippen molar-refractivity contribution in [2.75, 3.05) is 0 Å². The first-order valence-corrected chi connectivity index (χ1v) is 13.1. The highest BCUT2D eigenvalue weighted by atomic mass is 16.5. The zero-order valence-corrected chi connectivity index (χ0v) is 22.1. The molecule has 0 aromatic heterocycles. The Balaban J connectivity index is 1.59. The average Bonchev–Trinajstić information content (AvgIpc) is 2.96. The SMILES string of the molecule is O=C(O)c1c(O)c2c(c([C@@H]3c4ccc(O)cc4O[C@H](c4ccc(O)cc4)[C@H]3O)c1O)O[C@H](c1ccc(O)c(O)c1)[C@@H](O)C2. The molecule has 5 atom stereocenters. The average molecular weight is 591 g/mol. The second-order valence-corrected chi connectivity index (χ2v) is 10.5. The molecule has 6 rings (SSSR count). The van der Waals surface area contributed by atoms with Crippen LogP contribution in [0.3, 0.4) is 0 Å². The highest BCUT2D eigenvalue weighted by Crippen LogP contribution is 2.56. The van der Waals surface area contributed by atoms with Crippen molar-refractivity contribution < 1.29 is 60.2 Å². The molecular weight excluding hydrogens is 564 g/mol. The molecule has 0 saturated carbocycles. The van der Waals surface area contributed by atoms with E-state index in [4.69, 9.17) is 9.47 Å². The molecule has 0 amide bonds. The monoisotopic (exact) mass is 590 g/mol. The van der Waals surface area contributed by atoms with Gasteiger partial charge in [0, 0.05) is 29.2 Å². The zero-order valence-electron chi connectivity index (χ0n) is 22.1. The molecule has 0 fully saturated rings. The number of aliphatic hydroxyl groups excluding tert-OH is 2. The minimum Gasteiger partial charge on any atom is -0.508 e. The molecule has 0 saturated heterocycles. The normalized spacial score (nSPS) is 22.5. The standard InChI is InChI=1S/C31H26O12/c32-14-4-1-12(2-5-14)29-27(39)22(16-7-6-15(33)10-21(16)42-29)23-26(38)24(31(40)41)25(37)17-11-20(36)28(43-30(17)23)13-3-8-18(34)19(35)9-13/h1-10,20,22,27-29,32-39H,11H2,(H,40,41)/t20-,22-,27-,28+,29+/m0/s1. The van der Waals surface area contributed by atoms with E-state index >= 15 is 0 Å². The van der Waals surface area contributed by atoms with Crippen LogP contribution in [0.5, 0.6) is 46.0 Å². The van der Waals surface area contributed by atoms with Gasteiger partial charge in [-0.05, 0) is 41.5 Å². The largest absolute Gasteiger partial charge is 0.508 e. The van der Waals surface area contributed by atoms with Crippen LogP contribution < -0.4 is 9.47 Å². The van der Waals surface area contributed by atoms with E-state index < -0.39 is 64.9 Å². The summed E-state index contributed by atoms with van der Waals surface area (Å²) in [7, 11) is 0. The smallest absolute Gasteiger partial charge is 0.343 e. The Bertz CT molecular complexity index is 1750. The van der Waals surface area contributed by atoms with Crippen molar-refractivity contribution in [1.82, 2.24) is 0 Å². The van der Waals surface area contributed by atoms with Crippen molar-refractivity contribution in [1.29, 1.82) is 0 Å². The van der Waals surface area contributed by atoms with E-state index in [2.05, 4.69) is 0 Å². The number of carbonyl (C=O) groups is 1. The molecule has 43 heavy (non-hydrogen) atoms. The molecule has 12 nitrogen and oxygen atoms in total. The summed E-state index contributed by atoms with van der Waals surface area (Å²) in [5.74, 6) is -5.91. The first-order valence-electron chi connectivity index (χ1n) is 13.1. The van der Waals surface area contributed by atoms with Crippen LogP contribution in [0.1, 0.15) is 56.3 Å². The zero-order chi connectivity index (χ0) is 30.7. The van der Waals surface area contributed by atoms with Crippen LogP contribution in [-0.4, -0.2) is 64.1 Å². The van der Waals surface area contributed by atoms with Crippen LogP contribution in [-0.2, 0) is 6.42 Å². The third-order valence-electron chi connectivity index (χ3n) is 7.85. The van der Waals surface area contributed by atoms with Crippen molar-refractivity contribution in [3.8, 4) is 46.0 Å². The van der Waals surface area contributed by atoms with E-state index in [0.29, 0.717) is 5.56 Å². The Labute approximate surface area is 243 Å². The van der Waals surface area contributed by atoms with E-state index in [9.17, 15) is 50.8 Å². The number of carboxylic acid groups (broad SMARTS) is 1. The van der Waals surface area contributed by atoms with Gasteiger partial charge in [-0.15, -0.1) is 0 Å². The Kier molecular flexibility index (Phi) is 6.59. The number of carboxylic acids is 1. The maximum atomic E-state index is 12.3. The minimum atomic E-state index is -1.68. The third kappa shape index (κ3) is 4.53. The van der Waals surface area contributed by atoms with Gasteiger partial charge >= 0.3 is 5.97 Å². The number of aromatic hydroxyl groups is 6. The molecular formula is C31H26O12. The summed E-state index contributed by atoms with van der Waals surface area (Å²) in [6, 6.07) is 13.5. The lowest BCUT2D eigenvalue weighted by atomic mass is 9.77. The van der Waals surface area contributed by atoms with E-state index in [1.165, 1.54) is 60.7 Å². The number of aromatic carboxylic acids is 1. The minimum absolute atomic E-state index is 0.0433. The number of aliphatic hydroxyl groups is 2. The second kappa shape index (κ2) is 10.2. The Morgan fingerprint density at radius 1 is 0.721 bits per heavy atom. The van der Waals surface area contributed by atoms with Crippen LogP contribution >= 0.6 is 0 Å². The predicted octanol–water partition coefficient (Wildman–Crippen LogP) is 3.28. The summed E-state index contributed by atoms with van der Waals surface area (Å²) in [4.78, 5) is 12.3. The highest BCUT2D eigenvalue weighted by molar-refractivity contribution is 5.96. The first-order chi connectivity index (χ1) is 20.5. The van der Waals surface area contributed by atoms with Crippen molar-refractivity contribution >= 4 is 5.97 Å². The molecule has 4 aromatic rings. The van der Waals surface area contributed by atoms with Gasteiger partial charge in [0.15, 0.2) is 17.6 Å². The summed E-state index contributed by atoms with van der Waals surface area (Å²) in [5, 5.41) is 95.0. The molecule has 0 aliphatic carbocycles. The van der Waals surface area contributed by atoms with Gasteiger partial charge in [-0.3, -0.25) is 0 Å². The summed E-state index contributed by atoms with van der Waals surface area (Å²) in [6.45, 7) is 0. The van der Waals surface area contributed by atoms with E-state index in [0.717, 1.165) is 0 Å². The summed E-state index contributed by atoms with van der Waals surface area (Å²) in [5.41, 5.74) is -0.364. The van der Waals surface area contributed by atoms with Gasteiger partial charge in [-0.1, -0.05) is 24.3 Å². The molecule has 4 aromatic carbocycles. The first kappa shape index (κ1) is 27.8. The van der Waals surface area contributed by atoms with Crippen LogP contribution in [0.4, 0.5) is 0 Å². The van der Waals surface area contributed by atoms with Gasteiger partial charge in [0.05, 0.1) is 12.0 Å². The Hall–Kier alpha value is -5.33. The number of phenols is 6. The van der Waals surface area contributed by atoms with Crippen molar-refractivity contribution in [2.45, 2.75) is 36.8 Å². The highest BCUT2D eigenvalue weighted by Gasteiger charge is 2.46. The van der Waals surface area contributed by atoms with Crippen molar-refractivity contribution in [2.24, 2.45) is 0 Å². The van der Waals surface area contributed by atoms with Gasteiger partial charge in [0.25, 0.3) is 0 Å². The van der Waals surface area contributed by atoms with Crippen LogP contribution in [0, 0.1) is 0 Å². The van der Waals surface area contributed by atoms with Crippen molar-refractivity contribution in [3.63, 3.8) is 0 Å². The van der Waals surface area contributed by atoms with Crippen LogP contribution in [0.15, 0.2) is 60.7 Å². The molecule has 9 N–H and O–H groups in total. The molecule has 2 heterocycles. The van der Waals surface area contributed by atoms with Gasteiger partial charge in [-0.25, -0.2) is 4.79 Å². The van der Waals surface area contributed by atoms with Gasteiger partial charge in [0.2, 0.25) is 0 Å². The van der Waals surface area contributed by atoms with Crippen LogP contribution in [0.2, 0.25) is 0 Å². The quantitative estimate of drug-likeness (QED) is 0.156. The fraction of sp³-hybridized carbons (Fsp3) is 0.194. The summed E-state index contributed by atoms with van der Waals surface area (Å²) in [6.07, 6.45) is -5.58. The number of phenolic OH excluding ortho intramolecular Hbond substituents is 4. The second-order valence-electron chi connectivity index (χ2n) is 10.5. The molecule has 0 bridgehead atoms. The van der Waals surface area contributed by atoms with Gasteiger partial charge in [-0.2, -0.15) is 0 Å². The van der Waals surface area contributed by atoms with Gasteiger partial charge in [0.1, 0.15) is 52.3 Å². The van der Waals surface area contributed by atoms with Crippen molar-refractivity contribution in [3.05, 3.63) is 94.0 Å².